The van der Waals surface area contributed by atoms with Gasteiger partial charge in [-0.3, -0.25) is 4.99 Å². The van der Waals surface area contributed by atoms with Gasteiger partial charge in [0, 0.05) is 24.4 Å². The first-order chi connectivity index (χ1) is 12.4. The normalized spacial score (nSPS) is 14.5. The Bertz CT molecular complexity index is 756. The number of aromatic nitrogens is 3. The zero-order chi connectivity index (χ0) is 18.7. The van der Waals surface area contributed by atoms with E-state index in [9.17, 15) is 0 Å². The molecule has 0 saturated carbocycles. The van der Waals surface area contributed by atoms with Gasteiger partial charge < -0.3 is 14.7 Å². The average molecular weight is 504 g/mol. The van der Waals surface area contributed by atoms with E-state index < -0.39 is 0 Å². The van der Waals surface area contributed by atoms with Crippen molar-refractivity contribution in [2.45, 2.75) is 65.0 Å². The summed E-state index contributed by atoms with van der Waals surface area (Å²) in [6, 6.07) is 0. The topological polar surface area (TPSA) is 79.4 Å². The van der Waals surface area contributed by atoms with Crippen molar-refractivity contribution in [2.24, 2.45) is 4.99 Å². The number of hydrogen-bond donors (Lipinski definition) is 1. The predicted octanol–water partition coefficient (Wildman–Crippen LogP) is 3.53. The fourth-order valence-corrected chi connectivity index (χ4v) is 4.13. The predicted molar refractivity (Wildman–Crippen MR) is 119 cm³/mol. The quantitative estimate of drug-likeness (QED) is 0.390. The molecular formula is C18H29IN6OS. The summed E-state index contributed by atoms with van der Waals surface area (Å²) in [4.78, 5) is 17.2. The number of aliphatic imine (C=N–C) groups is 1. The van der Waals surface area contributed by atoms with Crippen molar-refractivity contribution in [1.29, 1.82) is 0 Å². The highest BCUT2D eigenvalue weighted by Crippen LogP contribution is 2.27. The smallest absolute Gasteiger partial charge is 0.232 e. The van der Waals surface area contributed by atoms with Crippen LogP contribution in [-0.2, 0) is 31.3 Å². The minimum Gasteiger partial charge on any atom is -0.349 e. The molecule has 0 saturated heterocycles. The number of guanidine groups is 1. The molecule has 9 heteroatoms. The highest BCUT2D eigenvalue weighted by atomic mass is 127. The third kappa shape index (κ3) is 5.63. The number of halogens is 1. The number of fused-ring (bicyclic) bond motifs is 1. The molecule has 0 radical (unpaired) electrons. The summed E-state index contributed by atoms with van der Waals surface area (Å²) in [6.45, 7) is 7.38. The van der Waals surface area contributed by atoms with E-state index in [4.69, 9.17) is 9.51 Å². The Morgan fingerprint density at radius 1 is 1.26 bits per heavy atom. The van der Waals surface area contributed by atoms with Crippen LogP contribution >= 0.6 is 35.3 Å². The summed E-state index contributed by atoms with van der Waals surface area (Å²) >= 11 is 1.84. The van der Waals surface area contributed by atoms with Crippen molar-refractivity contribution in [3.05, 3.63) is 27.3 Å². The second-order valence-electron chi connectivity index (χ2n) is 7.71. The minimum absolute atomic E-state index is 0. The third-order valence-electron chi connectivity index (χ3n) is 4.35. The van der Waals surface area contributed by atoms with Crippen LogP contribution in [0.15, 0.2) is 9.52 Å². The summed E-state index contributed by atoms with van der Waals surface area (Å²) in [7, 11) is 3.80. The van der Waals surface area contributed by atoms with Gasteiger partial charge in [-0.25, -0.2) is 4.98 Å². The SMILES string of the molecule is CN=C(NCc1noc(C(C)(C)C)n1)N(C)Cc1nc2c(s1)CCCC2.I. The molecule has 0 unspecified atom stereocenters. The number of nitrogens with zero attached hydrogens (tertiary/aromatic N) is 5. The Kier molecular flexibility index (Phi) is 7.61. The van der Waals surface area contributed by atoms with Gasteiger partial charge in [0.1, 0.15) is 5.01 Å². The number of hydrogen-bond acceptors (Lipinski definition) is 6. The van der Waals surface area contributed by atoms with E-state index in [1.54, 1.807) is 7.05 Å². The highest BCUT2D eigenvalue weighted by Gasteiger charge is 2.22. The van der Waals surface area contributed by atoms with Gasteiger partial charge in [0.25, 0.3) is 0 Å². The largest absolute Gasteiger partial charge is 0.349 e. The van der Waals surface area contributed by atoms with Crippen LogP contribution in [0.2, 0.25) is 0 Å². The molecular weight excluding hydrogens is 475 g/mol. The van der Waals surface area contributed by atoms with Crippen molar-refractivity contribution >= 4 is 41.3 Å². The van der Waals surface area contributed by atoms with Gasteiger partial charge in [-0.2, -0.15) is 4.98 Å². The lowest BCUT2D eigenvalue weighted by atomic mass is 9.97. The van der Waals surface area contributed by atoms with E-state index in [-0.39, 0.29) is 29.4 Å². The molecule has 0 spiro atoms. The Hall–Kier alpha value is -1.23. The number of nitrogens with one attached hydrogen (secondary N) is 1. The summed E-state index contributed by atoms with van der Waals surface area (Å²) in [5, 5.41) is 8.49. The number of aryl methyl sites for hydroxylation is 2. The fraction of sp³-hybridized carbons (Fsp3) is 0.667. The molecule has 0 aliphatic heterocycles. The van der Waals surface area contributed by atoms with Crippen LogP contribution in [0.1, 0.15) is 60.9 Å². The maximum Gasteiger partial charge on any atom is 0.232 e. The lowest BCUT2D eigenvalue weighted by molar-refractivity contribution is 0.318. The van der Waals surface area contributed by atoms with Crippen molar-refractivity contribution < 1.29 is 4.52 Å². The lowest BCUT2D eigenvalue weighted by Crippen LogP contribution is -2.38. The number of rotatable bonds is 4. The molecule has 0 fully saturated rings. The third-order valence-corrected chi connectivity index (χ3v) is 5.49. The van der Waals surface area contributed by atoms with Gasteiger partial charge >= 0.3 is 0 Å². The van der Waals surface area contributed by atoms with Gasteiger partial charge in [0.15, 0.2) is 11.8 Å². The molecule has 1 N–H and O–H groups in total. The zero-order valence-corrected chi connectivity index (χ0v) is 19.9. The minimum atomic E-state index is -0.145. The van der Waals surface area contributed by atoms with Crippen molar-refractivity contribution in [2.75, 3.05) is 14.1 Å². The maximum absolute atomic E-state index is 5.33. The second-order valence-corrected chi connectivity index (χ2v) is 8.88. The van der Waals surface area contributed by atoms with Crippen LogP contribution in [0.5, 0.6) is 0 Å². The van der Waals surface area contributed by atoms with Crippen LogP contribution in [0, 0.1) is 0 Å². The Morgan fingerprint density at radius 3 is 2.63 bits per heavy atom. The number of thiazole rings is 1. The zero-order valence-electron chi connectivity index (χ0n) is 16.7. The van der Waals surface area contributed by atoms with E-state index in [0.717, 1.165) is 23.9 Å². The first kappa shape index (κ1) is 22.1. The molecule has 2 aromatic heterocycles. The lowest BCUT2D eigenvalue weighted by Gasteiger charge is -2.20. The Balaban J connectivity index is 0.00000261. The van der Waals surface area contributed by atoms with Gasteiger partial charge in [-0.1, -0.05) is 25.9 Å². The monoisotopic (exact) mass is 504 g/mol. The Labute approximate surface area is 182 Å². The average Bonchev–Trinajstić information content (AvgIpc) is 3.21. The van der Waals surface area contributed by atoms with E-state index in [0.29, 0.717) is 18.3 Å². The first-order valence-electron chi connectivity index (χ1n) is 9.09. The molecule has 150 valence electrons. The molecule has 3 rings (SSSR count). The Morgan fingerprint density at radius 2 is 2.00 bits per heavy atom. The molecule has 2 heterocycles. The maximum atomic E-state index is 5.33. The second kappa shape index (κ2) is 9.31. The fourth-order valence-electron chi connectivity index (χ4n) is 2.92. The molecule has 1 aliphatic carbocycles. The standard InChI is InChI=1S/C18H28N6OS.HI/c1-18(2,3)16-22-14(23-25-16)10-20-17(19-4)24(5)11-15-21-12-8-6-7-9-13(12)26-15;/h6-11H2,1-5H3,(H,19,20);1H. The summed E-state index contributed by atoms with van der Waals surface area (Å²) in [5.41, 5.74) is 1.15. The van der Waals surface area contributed by atoms with Gasteiger partial charge in [-0.05, 0) is 25.7 Å². The first-order valence-corrected chi connectivity index (χ1v) is 9.91. The van der Waals surface area contributed by atoms with Gasteiger partial charge in [0.05, 0.1) is 18.8 Å². The van der Waals surface area contributed by atoms with Crippen molar-refractivity contribution in [3.63, 3.8) is 0 Å². The van der Waals surface area contributed by atoms with Crippen LogP contribution in [0.3, 0.4) is 0 Å². The molecule has 0 amide bonds. The molecule has 0 atom stereocenters. The molecule has 1 aliphatic rings. The van der Waals surface area contributed by atoms with Gasteiger partial charge in [-0.15, -0.1) is 35.3 Å². The van der Waals surface area contributed by atoms with Crippen LogP contribution in [-0.4, -0.2) is 40.1 Å². The van der Waals surface area contributed by atoms with Crippen molar-refractivity contribution in [1.82, 2.24) is 25.3 Å². The van der Waals surface area contributed by atoms with E-state index in [1.807, 2.05) is 18.4 Å². The molecule has 2 aromatic rings. The van der Waals surface area contributed by atoms with E-state index in [2.05, 4.69) is 46.1 Å². The molecule has 0 aromatic carbocycles. The van der Waals surface area contributed by atoms with E-state index >= 15 is 0 Å². The molecule has 27 heavy (non-hydrogen) atoms. The van der Waals surface area contributed by atoms with E-state index in [1.165, 1.54) is 29.8 Å². The summed E-state index contributed by atoms with van der Waals surface area (Å²) in [5.74, 6) is 2.07. The van der Waals surface area contributed by atoms with Crippen LogP contribution in [0.4, 0.5) is 0 Å². The van der Waals surface area contributed by atoms with Crippen molar-refractivity contribution in [3.8, 4) is 0 Å². The van der Waals surface area contributed by atoms with Crippen LogP contribution in [0.25, 0.3) is 0 Å². The molecule has 7 nitrogen and oxygen atoms in total. The summed E-state index contributed by atoms with van der Waals surface area (Å²) in [6.07, 6.45) is 4.85. The molecule has 0 bridgehead atoms. The summed E-state index contributed by atoms with van der Waals surface area (Å²) < 4.78 is 5.33. The highest BCUT2D eigenvalue weighted by molar-refractivity contribution is 14.0. The van der Waals surface area contributed by atoms with Crippen LogP contribution < -0.4 is 5.32 Å². The van der Waals surface area contributed by atoms with Gasteiger partial charge in [0.2, 0.25) is 5.89 Å².